The Kier molecular flexibility index (Phi) is 4.04. The number of aliphatic hydroxyl groups excluding tert-OH is 1. The highest BCUT2D eigenvalue weighted by atomic mass is 35.5. The number of nitrogens with two attached hydrogens (primary N) is 1. The lowest BCUT2D eigenvalue weighted by molar-refractivity contribution is 0.282. The van der Waals surface area contributed by atoms with Gasteiger partial charge in [-0.1, -0.05) is 41.9 Å². The second-order valence-corrected chi connectivity index (χ2v) is 5.95. The van der Waals surface area contributed by atoms with Gasteiger partial charge in [-0.2, -0.15) is 0 Å². The summed E-state index contributed by atoms with van der Waals surface area (Å²) in [5.74, 6) is 0.786. The summed E-state index contributed by atoms with van der Waals surface area (Å²) in [6.45, 7) is 1.01. The first-order valence-corrected chi connectivity index (χ1v) is 7.59. The highest BCUT2D eigenvalue weighted by Crippen LogP contribution is 2.38. The number of benzene rings is 2. The molecule has 0 radical (unpaired) electrons. The first kappa shape index (κ1) is 14.2. The van der Waals surface area contributed by atoms with E-state index in [-0.39, 0.29) is 6.61 Å². The molecule has 2 aromatic rings. The Labute approximate surface area is 129 Å². The predicted octanol–water partition coefficient (Wildman–Crippen LogP) is 3.90. The Balaban J connectivity index is 1.86. The van der Waals surface area contributed by atoms with Gasteiger partial charge in [0.05, 0.1) is 23.0 Å². The Morgan fingerprint density at radius 3 is 2.48 bits per heavy atom. The van der Waals surface area contributed by atoms with Crippen molar-refractivity contribution in [2.45, 2.75) is 19.4 Å². The largest absolute Gasteiger partial charge is 0.396 e. The molecule has 1 saturated carbocycles. The van der Waals surface area contributed by atoms with Gasteiger partial charge < -0.3 is 16.2 Å². The molecule has 0 atom stereocenters. The average molecular weight is 303 g/mol. The van der Waals surface area contributed by atoms with E-state index in [1.54, 1.807) is 0 Å². The van der Waals surface area contributed by atoms with Crippen LogP contribution < -0.4 is 11.1 Å². The van der Waals surface area contributed by atoms with Crippen molar-refractivity contribution >= 4 is 23.0 Å². The molecule has 0 unspecified atom stereocenters. The molecule has 2 aromatic carbocycles. The normalized spacial score (nSPS) is 14.2. The summed E-state index contributed by atoms with van der Waals surface area (Å²) in [6.07, 6.45) is 2.60. The third-order valence-electron chi connectivity index (χ3n) is 3.91. The van der Waals surface area contributed by atoms with Crippen LogP contribution in [0.4, 0.5) is 11.4 Å². The summed E-state index contributed by atoms with van der Waals surface area (Å²) >= 11 is 6.42. The minimum atomic E-state index is 0.0418. The molecule has 1 fully saturated rings. The molecule has 3 rings (SSSR count). The second-order valence-electron chi connectivity index (χ2n) is 5.57. The van der Waals surface area contributed by atoms with E-state index in [1.165, 1.54) is 12.8 Å². The molecule has 3 nitrogen and oxygen atoms in total. The minimum Gasteiger partial charge on any atom is -0.396 e. The number of rotatable bonds is 5. The smallest absolute Gasteiger partial charge is 0.0745 e. The van der Waals surface area contributed by atoms with Crippen LogP contribution >= 0.6 is 11.6 Å². The summed E-state index contributed by atoms with van der Waals surface area (Å²) in [7, 11) is 0. The third-order valence-corrected chi connectivity index (χ3v) is 4.31. The van der Waals surface area contributed by atoms with Crippen LogP contribution in [0.1, 0.15) is 18.4 Å². The van der Waals surface area contributed by atoms with Crippen LogP contribution in [-0.4, -0.2) is 11.7 Å². The maximum atomic E-state index is 9.09. The fourth-order valence-corrected chi connectivity index (χ4v) is 2.61. The van der Waals surface area contributed by atoms with Gasteiger partial charge in [0.25, 0.3) is 0 Å². The van der Waals surface area contributed by atoms with Gasteiger partial charge in [0.2, 0.25) is 0 Å². The molecule has 4 N–H and O–H groups in total. The van der Waals surface area contributed by atoms with Gasteiger partial charge >= 0.3 is 0 Å². The number of halogens is 1. The summed E-state index contributed by atoms with van der Waals surface area (Å²) in [6, 6.07) is 11.6. The van der Waals surface area contributed by atoms with Gasteiger partial charge in [0.1, 0.15) is 0 Å². The van der Waals surface area contributed by atoms with Crippen molar-refractivity contribution in [2.24, 2.45) is 5.92 Å². The molecule has 0 aromatic heterocycles. The third kappa shape index (κ3) is 3.14. The molecule has 0 bridgehead atoms. The molecular weight excluding hydrogens is 284 g/mol. The topological polar surface area (TPSA) is 58.3 Å². The molecule has 0 amide bonds. The number of aliphatic hydroxyl groups is 1. The van der Waals surface area contributed by atoms with Gasteiger partial charge in [-0.3, -0.25) is 0 Å². The lowest BCUT2D eigenvalue weighted by atomic mass is 10.0. The number of hydrogen-bond donors (Lipinski definition) is 3. The zero-order chi connectivity index (χ0) is 14.8. The lowest BCUT2D eigenvalue weighted by Crippen LogP contribution is -2.06. The minimum absolute atomic E-state index is 0.0418. The van der Waals surface area contributed by atoms with Gasteiger partial charge in [0.15, 0.2) is 0 Å². The summed E-state index contributed by atoms with van der Waals surface area (Å²) < 4.78 is 0. The fraction of sp³-hybridized carbons (Fsp3) is 0.294. The molecule has 0 heterocycles. The molecule has 0 spiro atoms. The molecule has 110 valence electrons. The van der Waals surface area contributed by atoms with E-state index >= 15 is 0 Å². The van der Waals surface area contributed by atoms with E-state index < -0.39 is 0 Å². The maximum Gasteiger partial charge on any atom is 0.0745 e. The predicted molar refractivity (Wildman–Crippen MR) is 88.4 cm³/mol. The van der Waals surface area contributed by atoms with Crippen molar-refractivity contribution in [3.8, 4) is 11.1 Å². The monoisotopic (exact) mass is 302 g/mol. The molecule has 1 aliphatic carbocycles. The Bertz CT molecular complexity index is 636. The molecule has 0 aliphatic heterocycles. The summed E-state index contributed by atoms with van der Waals surface area (Å²) in [5.41, 5.74) is 10.4. The van der Waals surface area contributed by atoms with Crippen molar-refractivity contribution in [2.75, 3.05) is 17.6 Å². The molecule has 0 saturated heterocycles. The quantitative estimate of drug-likeness (QED) is 0.734. The SMILES string of the molecule is Nc1c(NCC2CC2)ccc(-c2ccc(CO)cc2)c1Cl. The highest BCUT2D eigenvalue weighted by molar-refractivity contribution is 6.36. The van der Waals surface area contributed by atoms with Crippen LogP contribution in [0, 0.1) is 5.92 Å². The lowest BCUT2D eigenvalue weighted by Gasteiger charge is -2.13. The van der Waals surface area contributed by atoms with Crippen LogP contribution in [-0.2, 0) is 6.61 Å². The van der Waals surface area contributed by atoms with Crippen molar-refractivity contribution in [1.82, 2.24) is 0 Å². The van der Waals surface area contributed by atoms with Crippen LogP contribution in [0.5, 0.6) is 0 Å². The van der Waals surface area contributed by atoms with Crippen molar-refractivity contribution in [3.63, 3.8) is 0 Å². The van der Waals surface area contributed by atoms with Crippen molar-refractivity contribution < 1.29 is 5.11 Å². The number of anilines is 2. The summed E-state index contributed by atoms with van der Waals surface area (Å²) in [5, 5.41) is 13.0. The summed E-state index contributed by atoms with van der Waals surface area (Å²) in [4.78, 5) is 0. The van der Waals surface area contributed by atoms with E-state index in [9.17, 15) is 0 Å². The van der Waals surface area contributed by atoms with E-state index in [0.717, 1.165) is 34.8 Å². The number of hydrogen-bond acceptors (Lipinski definition) is 3. The average Bonchev–Trinajstić information content (AvgIpc) is 3.33. The Hall–Kier alpha value is -1.71. The van der Waals surface area contributed by atoms with Crippen LogP contribution in [0.25, 0.3) is 11.1 Å². The standard InChI is InChI=1S/C17H19ClN2O/c18-16-14(13-5-3-12(10-21)4-6-13)7-8-15(17(16)19)20-9-11-1-2-11/h3-8,11,20-21H,1-2,9-10,19H2. The first-order chi connectivity index (χ1) is 10.2. The second kappa shape index (κ2) is 5.96. The van der Waals surface area contributed by atoms with E-state index in [4.69, 9.17) is 22.4 Å². The highest BCUT2D eigenvalue weighted by Gasteiger charge is 2.21. The molecular formula is C17H19ClN2O. The first-order valence-electron chi connectivity index (χ1n) is 7.21. The van der Waals surface area contributed by atoms with E-state index in [2.05, 4.69) is 5.32 Å². The fourth-order valence-electron chi connectivity index (χ4n) is 2.34. The number of nitrogens with one attached hydrogen (secondary N) is 1. The van der Waals surface area contributed by atoms with E-state index in [0.29, 0.717) is 10.7 Å². The molecule has 21 heavy (non-hydrogen) atoms. The van der Waals surface area contributed by atoms with Crippen LogP contribution in [0.15, 0.2) is 36.4 Å². The van der Waals surface area contributed by atoms with Crippen LogP contribution in [0.3, 0.4) is 0 Å². The van der Waals surface area contributed by atoms with Gasteiger partial charge in [0, 0.05) is 12.1 Å². The zero-order valence-corrected chi connectivity index (χ0v) is 12.5. The van der Waals surface area contributed by atoms with Gasteiger partial charge in [-0.15, -0.1) is 0 Å². The zero-order valence-electron chi connectivity index (χ0n) is 11.8. The Morgan fingerprint density at radius 2 is 1.86 bits per heavy atom. The Morgan fingerprint density at radius 1 is 1.14 bits per heavy atom. The van der Waals surface area contributed by atoms with E-state index in [1.807, 2.05) is 36.4 Å². The maximum absolute atomic E-state index is 9.09. The molecule has 1 aliphatic rings. The van der Waals surface area contributed by atoms with Gasteiger partial charge in [-0.05, 0) is 36.0 Å². The van der Waals surface area contributed by atoms with Crippen molar-refractivity contribution in [1.29, 1.82) is 0 Å². The molecule has 4 heteroatoms. The van der Waals surface area contributed by atoms with Gasteiger partial charge in [-0.25, -0.2) is 0 Å². The van der Waals surface area contributed by atoms with Crippen molar-refractivity contribution in [3.05, 3.63) is 47.0 Å². The number of nitrogen functional groups attached to an aromatic ring is 1. The van der Waals surface area contributed by atoms with Crippen LogP contribution in [0.2, 0.25) is 5.02 Å².